The molecule has 0 bridgehead atoms. The predicted molar refractivity (Wildman–Crippen MR) is 72.5 cm³/mol. The molecule has 2 heterocycles. The van der Waals surface area contributed by atoms with Gasteiger partial charge in [0.25, 0.3) is 0 Å². The van der Waals surface area contributed by atoms with Crippen molar-refractivity contribution in [2.75, 3.05) is 19.6 Å². The highest BCUT2D eigenvalue weighted by Gasteiger charge is 2.32. The van der Waals surface area contributed by atoms with Crippen molar-refractivity contribution in [2.45, 2.75) is 44.8 Å². The van der Waals surface area contributed by atoms with E-state index in [0.29, 0.717) is 24.3 Å². The van der Waals surface area contributed by atoms with Gasteiger partial charge in [-0.3, -0.25) is 9.47 Å². The van der Waals surface area contributed by atoms with E-state index in [0.717, 1.165) is 24.2 Å². The molecule has 2 fully saturated rings. The lowest BCUT2D eigenvalue weighted by Crippen LogP contribution is -2.37. The molecule has 3 rings (SSSR count). The minimum atomic E-state index is -2.49. The number of piperidine rings is 1. The van der Waals surface area contributed by atoms with Crippen molar-refractivity contribution in [3.05, 3.63) is 18.2 Å². The van der Waals surface area contributed by atoms with Crippen LogP contribution in [-0.4, -0.2) is 40.1 Å². The Hall–Kier alpha value is -1.01. The molecule has 1 saturated heterocycles. The highest BCUT2D eigenvalue weighted by atomic mass is 19.3. The first-order valence-electron chi connectivity index (χ1n) is 7.48. The second-order valence-electron chi connectivity index (χ2n) is 5.88. The smallest absolute Gasteiger partial charge is 0.317 e. The topological polar surface area (TPSA) is 33.1 Å². The van der Waals surface area contributed by atoms with Gasteiger partial charge in [-0.15, -0.1) is 0 Å². The Labute approximate surface area is 118 Å². The first-order chi connectivity index (χ1) is 9.74. The minimum absolute atomic E-state index is 0.487. The molecule has 0 aromatic carbocycles. The third-order valence-electron chi connectivity index (χ3n) is 4.32. The van der Waals surface area contributed by atoms with Gasteiger partial charge in [-0.25, -0.2) is 4.98 Å². The van der Waals surface area contributed by atoms with Gasteiger partial charge < -0.3 is 5.32 Å². The van der Waals surface area contributed by atoms with Crippen molar-refractivity contribution >= 4 is 0 Å². The number of nitrogens with zero attached hydrogens (tertiary/aromatic N) is 3. The average molecular weight is 284 g/mol. The minimum Gasteiger partial charge on any atom is -0.317 e. The van der Waals surface area contributed by atoms with Crippen LogP contribution in [0.3, 0.4) is 0 Å². The average Bonchev–Trinajstić information content (AvgIpc) is 3.19. The summed E-state index contributed by atoms with van der Waals surface area (Å²) in [6.07, 6.45) is 7.60. The zero-order chi connectivity index (χ0) is 13.9. The monoisotopic (exact) mass is 284 g/mol. The lowest BCUT2D eigenvalue weighted by molar-refractivity contribution is 0.0626. The molecule has 1 aliphatic heterocycles. The molecule has 2 aliphatic rings. The number of rotatable bonds is 6. The van der Waals surface area contributed by atoms with Crippen molar-refractivity contribution in [1.82, 2.24) is 19.8 Å². The molecule has 20 heavy (non-hydrogen) atoms. The molecule has 6 heteroatoms. The van der Waals surface area contributed by atoms with Gasteiger partial charge in [0.1, 0.15) is 5.82 Å². The summed E-state index contributed by atoms with van der Waals surface area (Å²) in [6, 6.07) is 0.577. The van der Waals surface area contributed by atoms with Crippen LogP contribution in [0.15, 0.2) is 12.4 Å². The summed E-state index contributed by atoms with van der Waals surface area (Å²) in [4.78, 5) is 6.47. The molecule has 0 radical (unpaired) electrons. The van der Waals surface area contributed by atoms with Crippen molar-refractivity contribution in [2.24, 2.45) is 5.92 Å². The number of halogens is 2. The number of hydrogen-bond acceptors (Lipinski definition) is 3. The maximum absolute atomic E-state index is 12.9. The fraction of sp³-hybridized carbons (Fsp3) is 0.786. The molecule has 112 valence electrons. The van der Waals surface area contributed by atoms with E-state index in [2.05, 4.69) is 15.2 Å². The van der Waals surface area contributed by atoms with E-state index in [1.807, 2.05) is 0 Å². The van der Waals surface area contributed by atoms with E-state index < -0.39 is 6.55 Å². The van der Waals surface area contributed by atoms with Gasteiger partial charge in [0, 0.05) is 25.0 Å². The molecule has 0 atom stereocenters. The second-order valence-corrected chi connectivity index (χ2v) is 5.88. The van der Waals surface area contributed by atoms with E-state index in [4.69, 9.17) is 0 Å². The van der Waals surface area contributed by atoms with Crippen LogP contribution in [0, 0.1) is 5.92 Å². The van der Waals surface area contributed by atoms with E-state index in [1.54, 1.807) is 0 Å². The molecule has 0 amide bonds. The standard InChI is InChI=1S/C14H22F2N4/c15-14(16)20-8-7-18-13(20)10-19(12-1-2-12)9-11-3-5-17-6-4-11/h7-8,11-12,14,17H,1-6,9-10H2. The summed E-state index contributed by atoms with van der Waals surface area (Å²) in [5, 5.41) is 3.37. The Bertz CT molecular complexity index is 425. The van der Waals surface area contributed by atoms with Gasteiger partial charge in [-0.1, -0.05) is 0 Å². The summed E-state index contributed by atoms with van der Waals surface area (Å²) < 4.78 is 26.7. The normalized spacial score (nSPS) is 21.0. The molecule has 1 aromatic rings. The first kappa shape index (κ1) is 13.9. The van der Waals surface area contributed by atoms with Gasteiger partial charge >= 0.3 is 6.55 Å². The molecule has 1 aromatic heterocycles. The number of hydrogen-bond donors (Lipinski definition) is 1. The number of alkyl halides is 2. The second kappa shape index (κ2) is 6.18. The van der Waals surface area contributed by atoms with Gasteiger partial charge in [0.05, 0.1) is 6.54 Å². The molecule has 1 aliphatic carbocycles. The summed E-state index contributed by atoms with van der Waals surface area (Å²) in [5.74, 6) is 1.17. The lowest BCUT2D eigenvalue weighted by Gasteiger charge is -2.30. The van der Waals surface area contributed by atoms with Gasteiger partial charge in [-0.2, -0.15) is 8.78 Å². The van der Waals surface area contributed by atoms with Crippen LogP contribution >= 0.6 is 0 Å². The summed E-state index contributed by atoms with van der Waals surface area (Å²) in [7, 11) is 0. The van der Waals surface area contributed by atoms with Crippen LogP contribution in [0.2, 0.25) is 0 Å². The predicted octanol–water partition coefficient (Wildman–Crippen LogP) is 2.24. The van der Waals surface area contributed by atoms with Gasteiger partial charge in [-0.05, 0) is 44.7 Å². The van der Waals surface area contributed by atoms with Crippen LogP contribution in [0.4, 0.5) is 8.78 Å². The summed E-state index contributed by atoms with van der Waals surface area (Å²) in [6.45, 7) is 1.23. The third kappa shape index (κ3) is 3.35. The Morgan fingerprint density at radius 2 is 2.05 bits per heavy atom. The summed E-state index contributed by atoms with van der Waals surface area (Å²) >= 11 is 0. The molecule has 1 N–H and O–H groups in total. The maximum Gasteiger partial charge on any atom is 0.319 e. The highest BCUT2D eigenvalue weighted by Crippen LogP contribution is 2.30. The number of aromatic nitrogens is 2. The van der Waals surface area contributed by atoms with Crippen LogP contribution in [0.5, 0.6) is 0 Å². The van der Waals surface area contributed by atoms with Gasteiger partial charge in [0.2, 0.25) is 0 Å². The molecular weight excluding hydrogens is 262 g/mol. The maximum atomic E-state index is 12.9. The fourth-order valence-corrected chi connectivity index (χ4v) is 3.00. The van der Waals surface area contributed by atoms with E-state index in [-0.39, 0.29) is 0 Å². The van der Waals surface area contributed by atoms with Crippen molar-refractivity contribution < 1.29 is 8.78 Å². The fourth-order valence-electron chi connectivity index (χ4n) is 3.00. The number of nitrogens with one attached hydrogen (secondary N) is 1. The van der Waals surface area contributed by atoms with Crippen molar-refractivity contribution in [3.8, 4) is 0 Å². The highest BCUT2D eigenvalue weighted by molar-refractivity contribution is 4.96. The van der Waals surface area contributed by atoms with Crippen molar-refractivity contribution in [1.29, 1.82) is 0 Å². The van der Waals surface area contributed by atoms with E-state index in [9.17, 15) is 8.78 Å². The Morgan fingerprint density at radius 3 is 2.70 bits per heavy atom. The van der Waals surface area contributed by atoms with Crippen LogP contribution in [0.25, 0.3) is 0 Å². The van der Waals surface area contributed by atoms with Crippen LogP contribution in [0.1, 0.15) is 38.1 Å². The zero-order valence-corrected chi connectivity index (χ0v) is 11.6. The lowest BCUT2D eigenvalue weighted by atomic mass is 9.97. The number of imidazole rings is 1. The van der Waals surface area contributed by atoms with Gasteiger partial charge in [0.15, 0.2) is 0 Å². The molecule has 0 unspecified atom stereocenters. The summed E-state index contributed by atoms with van der Waals surface area (Å²) in [5.41, 5.74) is 0. The van der Waals surface area contributed by atoms with Crippen LogP contribution < -0.4 is 5.32 Å². The Balaban J connectivity index is 1.63. The van der Waals surface area contributed by atoms with E-state index >= 15 is 0 Å². The Morgan fingerprint density at radius 1 is 1.30 bits per heavy atom. The largest absolute Gasteiger partial charge is 0.319 e. The van der Waals surface area contributed by atoms with E-state index in [1.165, 1.54) is 38.1 Å². The first-order valence-corrected chi connectivity index (χ1v) is 7.48. The SMILES string of the molecule is FC(F)n1ccnc1CN(CC1CCNCC1)C1CC1. The Kier molecular flexibility index (Phi) is 4.31. The molecule has 0 spiro atoms. The molecular formula is C14H22F2N4. The zero-order valence-electron chi connectivity index (χ0n) is 11.6. The molecule has 4 nitrogen and oxygen atoms in total. The third-order valence-corrected chi connectivity index (χ3v) is 4.32. The molecule has 1 saturated carbocycles. The quantitative estimate of drug-likeness (QED) is 0.869. The van der Waals surface area contributed by atoms with Crippen molar-refractivity contribution in [3.63, 3.8) is 0 Å². The van der Waals surface area contributed by atoms with Crippen LogP contribution in [-0.2, 0) is 6.54 Å².